The van der Waals surface area contributed by atoms with Crippen LogP contribution in [0, 0.1) is 5.92 Å². The standard InChI is InChI=1S/C48H40N4/c1-34-15-4-2-5-16-35-17-8-9-21-40(35)32-44(34)48-51-46(30-29-38-20-10-12-25-43(38)37-18-6-3-7-19-37)50-47(52-48)39-24-14-23-36(27-28-39)42-31-41-22-11-13-26-45(41)49-33-42/h2-8,10-15,17-20,22,24-34H,9,16,21,23H2,1H3/b5-2-,15-4-,30-29+,44-32?. The Morgan fingerprint density at radius 2 is 1.54 bits per heavy atom. The number of pyridine rings is 1. The SMILES string of the molecule is CC1/C=C\C=C/CC2=C(C=C1c1nc(/C=C/c3ccccc3-c3ccccc3)nc(C3=CC=C(c4cnc5ccccc5c4)CC=C3)n1)CCC=C2. The van der Waals surface area contributed by atoms with Gasteiger partial charge < -0.3 is 0 Å². The zero-order valence-corrected chi connectivity index (χ0v) is 29.4. The van der Waals surface area contributed by atoms with Crippen molar-refractivity contribution in [1.82, 2.24) is 19.9 Å². The van der Waals surface area contributed by atoms with E-state index in [1.54, 1.807) is 0 Å². The largest absolute Gasteiger partial charge is 0.256 e. The van der Waals surface area contributed by atoms with Crippen molar-refractivity contribution < 1.29 is 0 Å². The highest BCUT2D eigenvalue weighted by atomic mass is 15.0. The highest BCUT2D eigenvalue weighted by Crippen LogP contribution is 2.33. The fraction of sp³-hybridized carbons (Fsp3) is 0.125. The molecule has 3 aliphatic carbocycles. The molecule has 0 spiro atoms. The number of benzene rings is 3. The molecule has 0 saturated heterocycles. The van der Waals surface area contributed by atoms with Gasteiger partial charge in [-0.3, -0.25) is 4.98 Å². The lowest BCUT2D eigenvalue weighted by Crippen LogP contribution is -2.09. The molecule has 0 aliphatic heterocycles. The summed E-state index contributed by atoms with van der Waals surface area (Å²) >= 11 is 0. The topological polar surface area (TPSA) is 51.6 Å². The van der Waals surface area contributed by atoms with Gasteiger partial charge >= 0.3 is 0 Å². The summed E-state index contributed by atoms with van der Waals surface area (Å²) in [4.78, 5) is 20.2. The maximum absolute atomic E-state index is 5.22. The van der Waals surface area contributed by atoms with Crippen LogP contribution in [0.3, 0.4) is 0 Å². The first-order valence-electron chi connectivity index (χ1n) is 18.1. The molecular weight excluding hydrogens is 633 g/mol. The van der Waals surface area contributed by atoms with E-state index in [1.807, 2.05) is 30.5 Å². The van der Waals surface area contributed by atoms with E-state index in [0.29, 0.717) is 17.5 Å². The number of para-hydroxylation sites is 1. The molecule has 1 unspecified atom stereocenters. The van der Waals surface area contributed by atoms with E-state index in [-0.39, 0.29) is 5.92 Å². The summed E-state index contributed by atoms with van der Waals surface area (Å²) in [5, 5.41) is 1.13. The van der Waals surface area contributed by atoms with Crippen LogP contribution in [0.25, 0.3) is 50.9 Å². The molecular formula is C48H40N4. The van der Waals surface area contributed by atoms with E-state index in [1.165, 1.54) is 22.3 Å². The molecule has 52 heavy (non-hydrogen) atoms. The van der Waals surface area contributed by atoms with Crippen LogP contribution in [0.1, 0.15) is 61.2 Å². The number of hydrogen-bond donors (Lipinski definition) is 0. The molecule has 2 aromatic heterocycles. The molecule has 3 aromatic carbocycles. The average molecular weight is 673 g/mol. The van der Waals surface area contributed by atoms with Gasteiger partial charge in [0, 0.05) is 28.6 Å². The van der Waals surface area contributed by atoms with Crippen molar-refractivity contribution >= 4 is 39.8 Å². The second kappa shape index (κ2) is 15.3. The summed E-state index contributed by atoms with van der Waals surface area (Å²) in [6, 6.07) is 29.4. The van der Waals surface area contributed by atoms with E-state index in [0.717, 1.165) is 64.4 Å². The van der Waals surface area contributed by atoms with Gasteiger partial charge in [0.1, 0.15) is 0 Å². The monoisotopic (exact) mass is 672 g/mol. The highest BCUT2D eigenvalue weighted by Gasteiger charge is 2.19. The summed E-state index contributed by atoms with van der Waals surface area (Å²) in [5.74, 6) is 2.07. The molecule has 0 radical (unpaired) electrons. The van der Waals surface area contributed by atoms with E-state index in [2.05, 4.69) is 147 Å². The number of nitrogens with zero attached hydrogens (tertiary/aromatic N) is 4. The minimum Gasteiger partial charge on any atom is -0.256 e. The molecule has 5 aromatic rings. The van der Waals surface area contributed by atoms with Gasteiger partial charge in [-0.25, -0.2) is 15.0 Å². The van der Waals surface area contributed by atoms with Crippen molar-refractivity contribution in [3.63, 3.8) is 0 Å². The molecule has 8 rings (SSSR count). The molecule has 1 atom stereocenters. The quantitative estimate of drug-likeness (QED) is 0.180. The first kappa shape index (κ1) is 32.9. The van der Waals surface area contributed by atoms with Crippen LogP contribution in [0.4, 0.5) is 0 Å². The molecule has 4 heteroatoms. The molecule has 0 bridgehead atoms. The molecule has 0 saturated carbocycles. The molecule has 2 heterocycles. The Kier molecular flexibility index (Phi) is 9.70. The van der Waals surface area contributed by atoms with E-state index < -0.39 is 0 Å². The smallest absolute Gasteiger partial charge is 0.164 e. The van der Waals surface area contributed by atoms with E-state index in [4.69, 9.17) is 19.9 Å². The fourth-order valence-corrected chi connectivity index (χ4v) is 6.94. The summed E-state index contributed by atoms with van der Waals surface area (Å²) in [5.41, 5.74) is 11.5. The Hall–Kier alpha value is -6.26. The second-order valence-electron chi connectivity index (χ2n) is 13.4. The van der Waals surface area contributed by atoms with Crippen LogP contribution in [-0.4, -0.2) is 19.9 Å². The van der Waals surface area contributed by atoms with Crippen molar-refractivity contribution in [2.75, 3.05) is 0 Å². The van der Waals surface area contributed by atoms with Gasteiger partial charge in [0.05, 0.1) is 5.52 Å². The number of allylic oxidation sites excluding steroid dienone is 16. The summed E-state index contributed by atoms with van der Waals surface area (Å²) < 4.78 is 0. The molecule has 0 amide bonds. The van der Waals surface area contributed by atoms with Gasteiger partial charge in [0.25, 0.3) is 0 Å². The van der Waals surface area contributed by atoms with Crippen LogP contribution in [0.2, 0.25) is 0 Å². The molecule has 0 fully saturated rings. The third-order valence-corrected chi connectivity index (χ3v) is 9.80. The van der Waals surface area contributed by atoms with Gasteiger partial charge in [-0.2, -0.15) is 0 Å². The van der Waals surface area contributed by atoms with Crippen LogP contribution >= 0.6 is 0 Å². The van der Waals surface area contributed by atoms with Crippen molar-refractivity contribution in [1.29, 1.82) is 0 Å². The Morgan fingerprint density at radius 3 is 2.48 bits per heavy atom. The third-order valence-electron chi connectivity index (χ3n) is 9.80. The van der Waals surface area contributed by atoms with Crippen molar-refractivity contribution in [3.05, 3.63) is 198 Å². The number of fused-ring (bicyclic) bond motifs is 1. The Labute approximate surface area is 306 Å². The lowest BCUT2D eigenvalue weighted by molar-refractivity contribution is 0.890. The highest BCUT2D eigenvalue weighted by molar-refractivity contribution is 5.85. The summed E-state index contributed by atoms with van der Waals surface area (Å²) in [7, 11) is 0. The van der Waals surface area contributed by atoms with Gasteiger partial charge in [-0.15, -0.1) is 0 Å². The molecule has 4 nitrogen and oxygen atoms in total. The van der Waals surface area contributed by atoms with Crippen LogP contribution < -0.4 is 0 Å². The first-order valence-corrected chi connectivity index (χ1v) is 18.1. The van der Waals surface area contributed by atoms with Crippen LogP contribution in [0.15, 0.2) is 169 Å². The van der Waals surface area contributed by atoms with Gasteiger partial charge in [-0.1, -0.05) is 153 Å². The van der Waals surface area contributed by atoms with Gasteiger partial charge in [-0.05, 0) is 82.9 Å². The van der Waals surface area contributed by atoms with Crippen molar-refractivity contribution in [2.45, 2.75) is 32.6 Å². The maximum atomic E-state index is 5.22. The molecule has 0 N–H and O–H groups in total. The predicted octanol–water partition coefficient (Wildman–Crippen LogP) is 11.9. The number of rotatable bonds is 6. The second-order valence-corrected chi connectivity index (χ2v) is 13.4. The Morgan fingerprint density at radius 1 is 0.692 bits per heavy atom. The molecule has 252 valence electrons. The predicted molar refractivity (Wildman–Crippen MR) is 218 cm³/mol. The first-order chi connectivity index (χ1) is 25.7. The lowest BCUT2D eigenvalue weighted by atomic mass is 9.89. The Balaban J connectivity index is 1.24. The van der Waals surface area contributed by atoms with Gasteiger partial charge in [0.2, 0.25) is 0 Å². The zero-order chi connectivity index (χ0) is 35.1. The fourth-order valence-electron chi connectivity index (χ4n) is 6.94. The van der Waals surface area contributed by atoms with Crippen LogP contribution in [0.5, 0.6) is 0 Å². The zero-order valence-electron chi connectivity index (χ0n) is 29.4. The van der Waals surface area contributed by atoms with Crippen LogP contribution in [-0.2, 0) is 0 Å². The summed E-state index contributed by atoms with van der Waals surface area (Å²) in [6.45, 7) is 2.23. The van der Waals surface area contributed by atoms with E-state index >= 15 is 0 Å². The lowest BCUT2D eigenvalue weighted by Gasteiger charge is -2.18. The minimum atomic E-state index is 0.0962. The number of hydrogen-bond acceptors (Lipinski definition) is 4. The van der Waals surface area contributed by atoms with Crippen molar-refractivity contribution in [3.8, 4) is 11.1 Å². The number of aromatic nitrogens is 4. The minimum absolute atomic E-state index is 0.0962. The summed E-state index contributed by atoms with van der Waals surface area (Å²) in [6.07, 6.45) is 34.2. The average Bonchev–Trinajstić information content (AvgIpc) is 3.46. The maximum Gasteiger partial charge on any atom is 0.164 e. The Bertz CT molecular complexity index is 2410. The third kappa shape index (κ3) is 7.42. The molecule has 3 aliphatic rings. The van der Waals surface area contributed by atoms with Gasteiger partial charge in [0.15, 0.2) is 17.5 Å². The normalized spacial score (nSPS) is 18.7. The van der Waals surface area contributed by atoms with Crippen molar-refractivity contribution in [2.24, 2.45) is 5.92 Å². The van der Waals surface area contributed by atoms with E-state index in [9.17, 15) is 0 Å².